The third kappa shape index (κ3) is 3.85. The Hall–Kier alpha value is -0.820. The van der Waals surface area contributed by atoms with Crippen LogP contribution >= 0.6 is 0 Å². The Morgan fingerprint density at radius 1 is 1.00 bits per heavy atom. The largest absolute Gasteiger partial charge is 0.299 e. The van der Waals surface area contributed by atoms with Crippen LogP contribution in [0.3, 0.4) is 0 Å². The minimum atomic E-state index is 1.17. The van der Waals surface area contributed by atoms with Gasteiger partial charge in [-0.2, -0.15) is 0 Å². The van der Waals surface area contributed by atoms with E-state index in [0.29, 0.717) is 0 Å². The second-order valence-electron chi connectivity index (χ2n) is 5.21. The van der Waals surface area contributed by atoms with Crippen LogP contribution in [0.25, 0.3) is 0 Å². The number of benzene rings is 1. The van der Waals surface area contributed by atoms with Crippen LogP contribution in [0.1, 0.15) is 50.2 Å². The summed E-state index contributed by atoms with van der Waals surface area (Å²) in [6.07, 6.45) is 8.19. The molecule has 94 valence electrons. The highest BCUT2D eigenvalue weighted by Gasteiger charge is 2.14. The second-order valence-corrected chi connectivity index (χ2v) is 5.21. The maximum atomic E-state index is 2.62. The molecule has 0 radical (unpaired) electrons. The minimum absolute atomic E-state index is 1.17. The summed E-state index contributed by atoms with van der Waals surface area (Å²) in [6, 6.07) is 8.91. The lowest BCUT2D eigenvalue weighted by Gasteiger charge is -2.28. The Bertz CT molecular complexity index is 332. The van der Waals surface area contributed by atoms with E-state index in [1.165, 1.54) is 58.2 Å². The van der Waals surface area contributed by atoms with E-state index >= 15 is 0 Å². The zero-order chi connectivity index (χ0) is 11.9. The average molecular weight is 231 g/mol. The lowest BCUT2D eigenvalue weighted by atomic mass is 10.00. The van der Waals surface area contributed by atoms with Gasteiger partial charge in [0.15, 0.2) is 0 Å². The molecule has 0 spiro atoms. The van der Waals surface area contributed by atoms with Gasteiger partial charge >= 0.3 is 0 Å². The summed E-state index contributed by atoms with van der Waals surface area (Å²) in [5, 5.41) is 0. The Morgan fingerprint density at radius 2 is 1.76 bits per heavy atom. The van der Waals surface area contributed by atoms with Crippen molar-refractivity contribution in [3.8, 4) is 0 Å². The zero-order valence-corrected chi connectivity index (χ0v) is 11.1. The maximum Gasteiger partial charge on any atom is 0.0236 e. The minimum Gasteiger partial charge on any atom is -0.299 e. The molecule has 0 saturated heterocycles. The second kappa shape index (κ2) is 6.80. The highest BCUT2D eigenvalue weighted by atomic mass is 15.1. The number of hydrogen-bond acceptors (Lipinski definition) is 1. The lowest BCUT2D eigenvalue weighted by Crippen LogP contribution is -2.31. The third-order valence-electron chi connectivity index (χ3n) is 3.79. The van der Waals surface area contributed by atoms with Crippen LogP contribution in [0.15, 0.2) is 24.3 Å². The fourth-order valence-corrected chi connectivity index (χ4v) is 2.68. The fourth-order valence-electron chi connectivity index (χ4n) is 2.68. The first-order chi connectivity index (χ1) is 8.40. The smallest absolute Gasteiger partial charge is 0.0236 e. The number of hydrogen-bond donors (Lipinski definition) is 0. The molecule has 0 N–H and O–H groups in total. The van der Waals surface area contributed by atoms with E-state index < -0.39 is 0 Å². The standard InChI is InChI=1S/C16H25N/c1-2-3-4-5-8-12-17-13-11-15-9-6-7-10-16(15)14-17/h6-7,9-10H,2-5,8,11-14H2,1H3. The van der Waals surface area contributed by atoms with Gasteiger partial charge in [-0.05, 0) is 30.5 Å². The van der Waals surface area contributed by atoms with Gasteiger partial charge in [0.2, 0.25) is 0 Å². The summed E-state index contributed by atoms with van der Waals surface area (Å²) in [7, 11) is 0. The molecule has 1 aromatic carbocycles. The predicted molar refractivity (Wildman–Crippen MR) is 74.2 cm³/mol. The number of unbranched alkanes of at least 4 members (excludes halogenated alkanes) is 4. The van der Waals surface area contributed by atoms with Crippen molar-refractivity contribution in [1.82, 2.24) is 4.90 Å². The molecule has 0 amide bonds. The topological polar surface area (TPSA) is 3.24 Å². The number of rotatable bonds is 6. The highest BCUT2D eigenvalue weighted by Crippen LogP contribution is 2.18. The van der Waals surface area contributed by atoms with Gasteiger partial charge in [0.1, 0.15) is 0 Å². The van der Waals surface area contributed by atoms with Gasteiger partial charge < -0.3 is 0 Å². The van der Waals surface area contributed by atoms with E-state index in [1.54, 1.807) is 11.1 Å². The Morgan fingerprint density at radius 3 is 2.59 bits per heavy atom. The molecule has 0 saturated carbocycles. The molecule has 17 heavy (non-hydrogen) atoms. The van der Waals surface area contributed by atoms with Crippen molar-refractivity contribution in [1.29, 1.82) is 0 Å². The molecule has 1 aromatic rings. The SMILES string of the molecule is CCCCCCCN1CCc2ccccc2C1. The monoisotopic (exact) mass is 231 g/mol. The quantitative estimate of drug-likeness (QED) is 0.668. The number of fused-ring (bicyclic) bond motifs is 1. The van der Waals surface area contributed by atoms with Crippen LogP contribution in [-0.4, -0.2) is 18.0 Å². The van der Waals surface area contributed by atoms with Crippen molar-refractivity contribution in [2.75, 3.05) is 13.1 Å². The summed E-state index contributed by atoms with van der Waals surface area (Å²) in [6.45, 7) is 5.99. The van der Waals surface area contributed by atoms with Crippen LogP contribution in [0.4, 0.5) is 0 Å². The van der Waals surface area contributed by atoms with Crippen LogP contribution in [0, 0.1) is 0 Å². The first kappa shape index (κ1) is 12.6. The summed E-state index contributed by atoms with van der Waals surface area (Å²) in [5.74, 6) is 0. The van der Waals surface area contributed by atoms with Gasteiger partial charge in [0.05, 0.1) is 0 Å². The first-order valence-corrected chi connectivity index (χ1v) is 7.19. The summed E-state index contributed by atoms with van der Waals surface area (Å²) in [4.78, 5) is 2.62. The highest BCUT2D eigenvalue weighted by molar-refractivity contribution is 5.28. The van der Waals surface area contributed by atoms with Gasteiger partial charge in [-0.1, -0.05) is 56.9 Å². The van der Waals surface area contributed by atoms with Crippen LogP contribution in [-0.2, 0) is 13.0 Å². The Kier molecular flexibility index (Phi) is 5.06. The van der Waals surface area contributed by atoms with Gasteiger partial charge in [-0.3, -0.25) is 4.90 Å². The van der Waals surface area contributed by atoms with Crippen LogP contribution < -0.4 is 0 Å². The Balaban J connectivity index is 1.71. The van der Waals surface area contributed by atoms with Gasteiger partial charge in [0.25, 0.3) is 0 Å². The van der Waals surface area contributed by atoms with E-state index in [4.69, 9.17) is 0 Å². The molecule has 1 heteroatoms. The Labute approximate surface area is 106 Å². The van der Waals surface area contributed by atoms with Crippen molar-refractivity contribution in [3.63, 3.8) is 0 Å². The molecule has 0 fully saturated rings. The molecule has 1 aliphatic heterocycles. The van der Waals surface area contributed by atoms with Crippen molar-refractivity contribution in [2.24, 2.45) is 0 Å². The van der Waals surface area contributed by atoms with Crippen molar-refractivity contribution >= 4 is 0 Å². The number of nitrogens with zero attached hydrogens (tertiary/aromatic N) is 1. The fraction of sp³-hybridized carbons (Fsp3) is 0.625. The van der Waals surface area contributed by atoms with E-state index in [1.807, 2.05) is 0 Å². The normalized spacial score (nSPS) is 15.8. The third-order valence-corrected chi connectivity index (χ3v) is 3.79. The molecule has 2 rings (SSSR count). The van der Waals surface area contributed by atoms with Gasteiger partial charge in [0, 0.05) is 13.1 Å². The molecule has 1 nitrogen and oxygen atoms in total. The predicted octanol–water partition coefficient (Wildman–Crippen LogP) is 4.02. The van der Waals surface area contributed by atoms with E-state index in [9.17, 15) is 0 Å². The van der Waals surface area contributed by atoms with Gasteiger partial charge in [-0.15, -0.1) is 0 Å². The molecular formula is C16H25N. The van der Waals surface area contributed by atoms with Gasteiger partial charge in [-0.25, -0.2) is 0 Å². The summed E-state index contributed by atoms with van der Waals surface area (Å²) < 4.78 is 0. The van der Waals surface area contributed by atoms with Crippen molar-refractivity contribution in [2.45, 2.75) is 52.0 Å². The molecule has 1 aliphatic rings. The molecule has 0 atom stereocenters. The van der Waals surface area contributed by atoms with E-state index in [0.717, 1.165) is 0 Å². The molecule has 0 bridgehead atoms. The summed E-state index contributed by atoms with van der Waals surface area (Å²) in [5.41, 5.74) is 3.11. The lowest BCUT2D eigenvalue weighted by molar-refractivity contribution is 0.248. The molecule has 0 unspecified atom stereocenters. The molecule has 0 aromatic heterocycles. The maximum absolute atomic E-state index is 2.62. The first-order valence-electron chi connectivity index (χ1n) is 7.19. The molecule has 0 aliphatic carbocycles. The van der Waals surface area contributed by atoms with Crippen molar-refractivity contribution in [3.05, 3.63) is 35.4 Å². The van der Waals surface area contributed by atoms with Crippen LogP contribution in [0.5, 0.6) is 0 Å². The molecular weight excluding hydrogens is 206 g/mol. The van der Waals surface area contributed by atoms with E-state index in [-0.39, 0.29) is 0 Å². The van der Waals surface area contributed by atoms with Crippen LogP contribution in [0.2, 0.25) is 0 Å². The average Bonchev–Trinajstić information content (AvgIpc) is 2.38. The zero-order valence-electron chi connectivity index (χ0n) is 11.1. The summed E-state index contributed by atoms with van der Waals surface area (Å²) >= 11 is 0. The van der Waals surface area contributed by atoms with Crippen molar-refractivity contribution < 1.29 is 0 Å². The molecule has 1 heterocycles. The van der Waals surface area contributed by atoms with E-state index in [2.05, 4.69) is 36.1 Å².